The Kier molecular flexibility index (Phi) is 4.92. The van der Waals surface area contributed by atoms with Gasteiger partial charge in [-0.15, -0.1) is 0 Å². The summed E-state index contributed by atoms with van der Waals surface area (Å²) in [5.74, 6) is 0. The van der Waals surface area contributed by atoms with Gasteiger partial charge in [0.1, 0.15) is 0 Å². The topological polar surface area (TPSA) is 102 Å². The molecule has 156 valence electrons. The van der Waals surface area contributed by atoms with Gasteiger partial charge in [0.15, 0.2) is 0 Å². The molecule has 7 heteroatoms. The second kappa shape index (κ2) is 7.89. The molecule has 0 bridgehead atoms. The van der Waals surface area contributed by atoms with E-state index in [9.17, 15) is 4.79 Å². The number of benzene rings is 1. The zero-order chi connectivity index (χ0) is 21.4. The number of fused-ring (bicyclic) bond motifs is 1. The van der Waals surface area contributed by atoms with Crippen molar-refractivity contribution in [1.29, 1.82) is 5.26 Å². The third-order valence-corrected chi connectivity index (χ3v) is 6.31. The largest absolute Gasteiger partial charge is 0.397 e. The fourth-order valence-corrected chi connectivity index (χ4v) is 4.60. The highest BCUT2D eigenvalue weighted by atomic mass is 16.1. The molecule has 1 fully saturated rings. The first-order valence-electron chi connectivity index (χ1n) is 10.6. The number of nitrogen functional groups attached to an aromatic ring is 1. The average Bonchev–Trinajstić information content (AvgIpc) is 3.30. The molecule has 1 aliphatic carbocycles. The van der Waals surface area contributed by atoms with Crippen molar-refractivity contribution in [2.75, 3.05) is 36.8 Å². The van der Waals surface area contributed by atoms with E-state index >= 15 is 0 Å². The van der Waals surface area contributed by atoms with Crippen molar-refractivity contribution >= 4 is 27.9 Å². The summed E-state index contributed by atoms with van der Waals surface area (Å²) in [7, 11) is 0. The zero-order valence-electron chi connectivity index (χ0n) is 17.2. The predicted octanol–water partition coefficient (Wildman–Crippen LogP) is 2.74. The number of H-pyrrole nitrogens is 1. The number of nitrogens with two attached hydrogens (primary N) is 1. The highest BCUT2D eigenvalue weighted by Crippen LogP contribution is 2.31. The summed E-state index contributed by atoms with van der Waals surface area (Å²) in [6, 6.07) is 14.0. The molecule has 0 saturated carbocycles. The number of aromatic amines is 1. The van der Waals surface area contributed by atoms with Crippen LogP contribution < -0.4 is 16.2 Å². The number of anilines is 2. The number of piperazine rings is 1. The third-order valence-electron chi connectivity index (χ3n) is 6.31. The molecule has 3 heterocycles. The Labute approximate surface area is 180 Å². The molecule has 1 atom stereocenters. The van der Waals surface area contributed by atoms with Crippen LogP contribution in [0.15, 0.2) is 53.5 Å². The fraction of sp³-hybridized carbons (Fsp3) is 0.292. The van der Waals surface area contributed by atoms with Crippen LogP contribution in [0.1, 0.15) is 24.1 Å². The van der Waals surface area contributed by atoms with E-state index in [0.717, 1.165) is 44.7 Å². The lowest BCUT2D eigenvalue weighted by atomic mass is 10.1. The van der Waals surface area contributed by atoms with E-state index in [1.165, 1.54) is 11.3 Å². The van der Waals surface area contributed by atoms with Gasteiger partial charge in [-0.25, -0.2) is 0 Å². The molecule has 1 aliphatic heterocycles. The number of hydrogen-bond acceptors (Lipinski definition) is 6. The van der Waals surface area contributed by atoms with E-state index < -0.39 is 0 Å². The lowest BCUT2D eigenvalue weighted by Gasteiger charge is -2.38. The minimum absolute atomic E-state index is 0.146. The predicted molar refractivity (Wildman–Crippen MR) is 123 cm³/mol. The van der Waals surface area contributed by atoms with Crippen molar-refractivity contribution in [3.05, 3.63) is 70.3 Å². The maximum absolute atomic E-state index is 12.5. The monoisotopic (exact) mass is 412 g/mol. The van der Waals surface area contributed by atoms with Gasteiger partial charge in [0.25, 0.3) is 5.56 Å². The van der Waals surface area contributed by atoms with E-state index in [4.69, 9.17) is 11.0 Å². The highest BCUT2D eigenvalue weighted by molar-refractivity contribution is 5.83. The smallest absolute Gasteiger partial charge is 0.257 e. The van der Waals surface area contributed by atoms with Gasteiger partial charge in [0.05, 0.1) is 34.4 Å². The zero-order valence-corrected chi connectivity index (χ0v) is 17.2. The van der Waals surface area contributed by atoms with Gasteiger partial charge in [-0.3, -0.25) is 14.7 Å². The molecule has 5 rings (SSSR count). The second-order valence-corrected chi connectivity index (χ2v) is 8.19. The summed E-state index contributed by atoms with van der Waals surface area (Å²) in [5, 5.41) is 9.50. The number of hydrogen-bond donors (Lipinski definition) is 2. The summed E-state index contributed by atoms with van der Waals surface area (Å²) in [4.78, 5) is 24.7. The molecule has 2 aliphatic rings. The minimum Gasteiger partial charge on any atom is -0.397 e. The molecular formula is C24H24N6O. The Bertz CT molecular complexity index is 1250. The fourth-order valence-electron chi connectivity index (χ4n) is 4.60. The number of allylic oxidation sites excluding steroid dienone is 1. The normalized spacial score (nSPS) is 19.4. The van der Waals surface area contributed by atoms with Gasteiger partial charge < -0.3 is 15.6 Å². The molecule has 0 spiro atoms. The van der Waals surface area contributed by atoms with Crippen LogP contribution in [0, 0.1) is 11.3 Å². The quantitative estimate of drug-likeness (QED) is 0.686. The van der Waals surface area contributed by atoms with Crippen LogP contribution in [0.25, 0.3) is 16.5 Å². The first-order valence-corrected chi connectivity index (χ1v) is 10.6. The van der Waals surface area contributed by atoms with Gasteiger partial charge in [-0.05, 0) is 54.8 Å². The summed E-state index contributed by atoms with van der Waals surface area (Å²) in [6.45, 7) is 3.90. The van der Waals surface area contributed by atoms with Crippen LogP contribution in [-0.2, 0) is 0 Å². The Morgan fingerprint density at radius 1 is 1.13 bits per heavy atom. The Morgan fingerprint density at radius 2 is 1.90 bits per heavy atom. The van der Waals surface area contributed by atoms with Gasteiger partial charge in [0.2, 0.25) is 0 Å². The number of aromatic nitrogens is 2. The van der Waals surface area contributed by atoms with Crippen molar-refractivity contribution < 1.29 is 0 Å². The lowest BCUT2D eigenvalue weighted by Crippen LogP contribution is -2.49. The number of nitrogens with one attached hydrogen (secondary N) is 1. The molecule has 1 saturated heterocycles. The summed E-state index contributed by atoms with van der Waals surface area (Å²) < 4.78 is 0. The van der Waals surface area contributed by atoms with E-state index in [2.05, 4.69) is 31.9 Å². The molecular weight excluding hydrogens is 388 g/mol. The Morgan fingerprint density at radius 3 is 2.65 bits per heavy atom. The number of nitrogens with zero attached hydrogens (tertiary/aromatic N) is 4. The van der Waals surface area contributed by atoms with Gasteiger partial charge >= 0.3 is 0 Å². The Balaban J connectivity index is 1.29. The van der Waals surface area contributed by atoms with E-state index in [1.54, 1.807) is 12.3 Å². The van der Waals surface area contributed by atoms with E-state index in [-0.39, 0.29) is 5.56 Å². The van der Waals surface area contributed by atoms with E-state index in [0.29, 0.717) is 28.2 Å². The Hall–Kier alpha value is -3.63. The van der Waals surface area contributed by atoms with Crippen LogP contribution in [0.4, 0.5) is 11.4 Å². The summed E-state index contributed by atoms with van der Waals surface area (Å²) in [6.07, 6.45) is 5.88. The maximum Gasteiger partial charge on any atom is 0.257 e. The molecule has 3 aromatic rings. The molecule has 2 aromatic heterocycles. The average molecular weight is 412 g/mol. The van der Waals surface area contributed by atoms with E-state index in [1.807, 2.05) is 30.3 Å². The molecule has 3 N–H and O–H groups in total. The van der Waals surface area contributed by atoms with Gasteiger partial charge in [-0.1, -0.05) is 6.08 Å². The van der Waals surface area contributed by atoms with Crippen molar-refractivity contribution in [1.82, 2.24) is 14.9 Å². The third kappa shape index (κ3) is 3.78. The minimum atomic E-state index is -0.146. The highest BCUT2D eigenvalue weighted by Gasteiger charge is 2.27. The number of nitriles is 1. The van der Waals surface area contributed by atoms with Crippen molar-refractivity contribution in [3.63, 3.8) is 0 Å². The lowest BCUT2D eigenvalue weighted by molar-refractivity contribution is 0.214. The first-order chi connectivity index (χ1) is 15.1. The van der Waals surface area contributed by atoms with Crippen LogP contribution in [0.3, 0.4) is 0 Å². The second-order valence-electron chi connectivity index (χ2n) is 8.19. The molecule has 7 nitrogen and oxygen atoms in total. The number of rotatable bonds is 3. The first kappa shape index (κ1) is 19.3. The van der Waals surface area contributed by atoms with Crippen molar-refractivity contribution in [2.45, 2.75) is 18.9 Å². The van der Waals surface area contributed by atoms with Crippen molar-refractivity contribution in [3.8, 4) is 6.07 Å². The summed E-state index contributed by atoms with van der Waals surface area (Å²) in [5.41, 5.74) is 10.7. The van der Waals surface area contributed by atoms with Crippen LogP contribution >= 0.6 is 0 Å². The number of pyridine rings is 2. The molecule has 0 amide bonds. The van der Waals surface area contributed by atoms with Gasteiger partial charge in [-0.2, -0.15) is 5.26 Å². The van der Waals surface area contributed by atoms with Crippen molar-refractivity contribution in [2.24, 2.45) is 0 Å². The maximum atomic E-state index is 12.5. The van der Waals surface area contributed by atoms with Crippen LogP contribution in [0.2, 0.25) is 0 Å². The van der Waals surface area contributed by atoms with Crippen LogP contribution in [0.5, 0.6) is 0 Å². The molecule has 0 radical (unpaired) electrons. The summed E-state index contributed by atoms with van der Waals surface area (Å²) >= 11 is 0. The molecule has 1 aromatic carbocycles. The van der Waals surface area contributed by atoms with Gasteiger partial charge in [0, 0.05) is 43.6 Å². The molecule has 31 heavy (non-hydrogen) atoms. The van der Waals surface area contributed by atoms with Crippen LogP contribution in [-0.4, -0.2) is 47.1 Å². The SMILES string of the molecule is N#Cc1ccc(N2CCN(C3C=C(c4cc5ncc(N)cc5c(=O)[nH]4)CC3)CC2)cc1. The standard InChI is InChI=1S/C24H24N6O/c25-14-16-1-4-19(5-2-16)29-7-9-30(10-8-29)20-6-3-17(11-20)22-13-23-21(24(31)28-22)12-18(26)15-27-23/h1-2,4-5,11-13,15,20H,3,6-10,26H2,(H,28,31). The molecule has 1 unspecified atom stereocenters.